The second kappa shape index (κ2) is 15.7. The van der Waals surface area contributed by atoms with Crippen LogP contribution in [0, 0.1) is 5.82 Å². The minimum atomic E-state index is -10.3. The van der Waals surface area contributed by atoms with Gasteiger partial charge >= 0.3 is 10.2 Å². The lowest BCUT2D eigenvalue weighted by Gasteiger charge is -2.40. The monoisotopic (exact) mass is 754 g/mol. The Kier molecular flexibility index (Phi) is 12.1. The number of benzene rings is 3. The van der Waals surface area contributed by atoms with Gasteiger partial charge in [-0.2, -0.15) is 0 Å². The lowest BCUT2D eigenvalue weighted by Crippen LogP contribution is -2.34. The topological polar surface area (TPSA) is 102 Å². The minimum Gasteiger partial charge on any atom is -0.497 e. The Balaban J connectivity index is 1.50. The summed E-state index contributed by atoms with van der Waals surface area (Å²) in [7, 11) is -8.71. The van der Waals surface area contributed by atoms with Gasteiger partial charge in [0, 0.05) is 42.2 Å². The molecule has 0 fully saturated rings. The SMILES string of the molecule is CCOc1cc(OCc2ccc(OC)cc2)ncc1-c1ccc(CC(=O)Nc2cc(C(=O)NCCN(CC)CC)cc(S(F)(F)(F)(F)F)c2)c(F)c1. The van der Waals surface area contributed by atoms with Gasteiger partial charge in [-0.15, -0.1) is 0 Å². The highest BCUT2D eigenvalue weighted by atomic mass is 32.5. The summed E-state index contributed by atoms with van der Waals surface area (Å²) in [5, 5.41) is 4.52. The molecule has 1 heterocycles. The van der Waals surface area contributed by atoms with Crippen molar-refractivity contribution in [3.63, 3.8) is 0 Å². The van der Waals surface area contributed by atoms with Crippen LogP contribution in [0.5, 0.6) is 17.4 Å². The lowest BCUT2D eigenvalue weighted by atomic mass is 10.0. The Morgan fingerprint density at radius 1 is 0.885 bits per heavy atom. The van der Waals surface area contributed by atoms with E-state index in [0.29, 0.717) is 42.3 Å². The van der Waals surface area contributed by atoms with Crippen molar-refractivity contribution in [3.05, 3.63) is 95.4 Å². The molecular weight excluding hydrogens is 714 g/mol. The van der Waals surface area contributed by atoms with Crippen LogP contribution in [0.3, 0.4) is 0 Å². The Morgan fingerprint density at radius 2 is 1.60 bits per heavy atom. The number of ether oxygens (including phenoxy) is 3. The molecule has 3 aromatic carbocycles. The first-order chi connectivity index (χ1) is 24.4. The van der Waals surface area contributed by atoms with Crippen LogP contribution in [-0.4, -0.2) is 61.6 Å². The van der Waals surface area contributed by atoms with E-state index in [4.69, 9.17) is 14.2 Å². The molecule has 282 valence electrons. The number of likely N-dealkylation sites (N-methyl/N-ethyl adjacent to an activating group) is 1. The molecule has 0 atom stereocenters. The van der Waals surface area contributed by atoms with Gasteiger partial charge in [-0.3, -0.25) is 9.59 Å². The molecule has 0 aliphatic carbocycles. The van der Waals surface area contributed by atoms with Crippen molar-refractivity contribution >= 4 is 27.7 Å². The Bertz CT molecular complexity index is 1890. The summed E-state index contributed by atoms with van der Waals surface area (Å²) in [6, 6.07) is 13.7. The Hall–Kier alpha value is -4.96. The zero-order valence-electron chi connectivity index (χ0n) is 29.0. The molecule has 0 aliphatic heterocycles. The van der Waals surface area contributed by atoms with Crippen molar-refractivity contribution in [2.24, 2.45) is 0 Å². The van der Waals surface area contributed by atoms with E-state index in [1.165, 1.54) is 18.3 Å². The smallest absolute Gasteiger partial charge is 0.310 e. The fraction of sp³-hybridized carbons (Fsp3) is 0.306. The van der Waals surface area contributed by atoms with Gasteiger partial charge in [0.05, 0.1) is 20.1 Å². The summed E-state index contributed by atoms with van der Waals surface area (Å²) >= 11 is 0. The van der Waals surface area contributed by atoms with Crippen molar-refractivity contribution < 1.29 is 47.6 Å². The van der Waals surface area contributed by atoms with E-state index in [9.17, 15) is 29.0 Å². The van der Waals surface area contributed by atoms with Crippen molar-refractivity contribution in [1.29, 1.82) is 0 Å². The number of aromatic nitrogens is 1. The highest BCUT2D eigenvalue weighted by molar-refractivity contribution is 8.45. The third kappa shape index (κ3) is 11.0. The van der Waals surface area contributed by atoms with Crippen molar-refractivity contribution in [3.8, 4) is 28.5 Å². The number of nitrogens with zero attached hydrogens (tertiary/aromatic N) is 2. The summed E-state index contributed by atoms with van der Waals surface area (Å²) in [5.41, 5.74) is 0.0648. The zero-order valence-corrected chi connectivity index (χ0v) is 29.8. The van der Waals surface area contributed by atoms with Crippen LogP contribution in [0.25, 0.3) is 11.1 Å². The molecule has 4 rings (SSSR count). The molecule has 0 unspecified atom stereocenters. The molecule has 1 aromatic heterocycles. The van der Waals surface area contributed by atoms with Crippen LogP contribution in [0.15, 0.2) is 77.8 Å². The molecule has 16 heteroatoms. The van der Waals surface area contributed by atoms with Crippen molar-refractivity contribution in [2.75, 3.05) is 45.2 Å². The molecule has 0 bridgehead atoms. The fourth-order valence-corrected chi connectivity index (χ4v) is 5.80. The maximum Gasteiger partial charge on any atom is 0.310 e. The standard InChI is InChI=1S/C36H40F6N4O5S/c1-5-46(6-2)15-14-43-36(48)27-16-28(20-30(17-27)52(38,39,40,41)42)45-34(47)19-26-11-10-25(18-32(26)37)31-22-44-35(21-33(31)50-7-3)51-23-24-8-12-29(49-4)13-9-24/h8-13,16-18,20-22H,5-7,14-15,19,23H2,1-4H3,(H,43,48)(H,45,47). The number of hydrogen-bond donors (Lipinski definition) is 2. The van der Waals surface area contributed by atoms with E-state index in [0.717, 1.165) is 17.7 Å². The van der Waals surface area contributed by atoms with Crippen molar-refractivity contribution in [2.45, 2.75) is 38.7 Å². The van der Waals surface area contributed by atoms with Crippen LogP contribution in [0.1, 0.15) is 42.3 Å². The van der Waals surface area contributed by atoms with Crippen LogP contribution < -0.4 is 24.8 Å². The first kappa shape index (κ1) is 39.8. The highest BCUT2D eigenvalue weighted by Crippen LogP contribution is 3.02. The van der Waals surface area contributed by atoms with Gasteiger partial charge in [-0.1, -0.05) is 57.5 Å². The second-order valence-corrected chi connectivity index (χ2v) is 14.0. The fourth-order valence-electron chi connectivity index (χ4n) is 5.10. The van der Waals surface area contributed by atoms with Gasteiger partial charge in [0.15, 0.2) is 0 Å². The van der Waals surface area contributed by atoms with Gasteiger partial charge in [0.1, 0.15) is 28.8 Å². The van der Waals surface area contributed by atoms with Gasteiger partial charge in [-0.25, -0.2) is 9.37 Å². The quantitative estimate of drug-likeness (QED) is 0.104. The van der Waals surface area contributed by atoms with Crippen LogP contribution >= 0.6 is 10.2 Å². The number of methoxy groups -OCH3 is 1. The first-order valence-electron chi connectivity index (χ1n) is 16.3. The second-order valence-electron chi connectivity index (χ2n) is 11.6. The molecule has 9 nitrogen and oxygen atoms in total. The molecular formula is C36H40F6N4O5S. The summed E-state index contributed by atoms with van der Waals surface area (Å²) in [4.78, 5) is 29.5. The number of amides is 2. The number of carbonyl (C=O) groups excluding carboxylic acids is 2. The van der Waals surface area contributed by atoms with Crippen molar-refractivity contribution in [1.82, 2.24) is 15.2 Å². The van der Waals surface area contributed by atoms with E-state index in [1.807, 2.05) is 30.9 Å². The number of nitrogens with one attached hydrogen (secondary N) is 2. The van der Waals surface area contributed by atoms with E-state index in [2.05, 4.69) is 15.6 Å². The van der Waals surface area contributed by atoms with Crippen LogP contribution in [-0.2, 0) is 17.8 Å². The molecule has 2 N–H and O–H groups in total. The normalized spacial score (nSPS) is 12.8. The summed E-state index contributed by atoms with van der Waals surface area (Å²) < 4.78 is 101. The molecule has 4 aromatic rings. The average molecular weight is 755 g/mol. The molecule has 0 spiro atoms. The Morgan fingerprint density at radius 3 is 2.21 bits per heavy atom. The van der Waals surface area contributed by atoms with E-state index < -0.39 is 50.4 Å². The van der Waals surface area contributed by atoms with Gasteiger partial charge in [-0.05, 0) is 73.1 Å². The third-order valence-corrected chi connectivity index (χ3v) is 9.03. The molecule has 52 heavy (non-hydrogen) atoms. The number of pyridine rings is 1. The number of carbonyl (C=O) groups is 2. The zero-order chi connectivity index (χ0) is 38.2. The van der Waals surface area contributed by atoms with E-state index in [1.54, 1.807) is 32.2 Å². The number of hydrogen-bond acceptors (Lipinski definition) is 7. The van der Waals surface area contributed by atoms with Gasteiger partial charge in [0.2, 0.25) is 11.8 Å². The molecule has 0 saturated carbocycles. The molecule has 0 saturated heterocycles. The summed E-state index contributed by atoms with van der Waals surface area (Å²) in [5.74, 6) is -1.57. The molecule has 0 aliphatic rings. The van der Waals surface area contributed by atoms with Crippen LogP contribution in [0.4, 0.5) is 29.5 Å². The largest absolute Gasteiger partial charge is 0.497 e. The van der Waals surface area contributed by atoms with E-state index >= 15 is 4.39 Å². The number of anilines is 1. The Labute approximate surface area is 298 Å². The highest BCUT2D eigenvalue weighted by Gasteiger charge is 2.65. The average Bonchev–Trinajstić information content (AvgIpc) is 3.09. The molecule has 2 amide bonds. The van der Waals surface area contributed by atoms with E-state index in [-0.39, 0.29) is 43.3 Å². The van der Waals surface area contributed by atoms with Crippen LogP contribution in [0.2, 0.25) is 0 Å². The van der Waals surface area contributed by atoms with Gasteiger partial charge in [0.25, 0.3) is 5.91 Å². The van der Waals surface area contributed by atoms with Gasteiger partial charge < -0.3 is 29.7 Å². The predicted octanol–water partition coefficient (Wildman–Crippen LogP) is 8.78. The maximum atomic E-state index is 15.3. The summed E-state index contributed by atoms with van der Waals surface area (Å²) in [6.45, 7) is 7.76. The predicted molar refractivity (Wildman–Crippen MR) is 188 cm³/mol. The lowest BCUT2D eigenvalue weighted by molar-refractivity contribution is -0.115. The first-order valence-corrected chi connectivity index (χ1v) is 18.2. The summed E-state index contributed by atoms with van der Waals surface area (Å²) in [6.07, 6.45) is 0.783. The number of rotatable bonds is 17. The minimum absolute atomic E-state index is 0.0444. The third-order valence-electron chi connectivity index (χ3n) is 7.91. The molecule has 0 radical (unpaired) electrons. The number of halogens is 6. The maximum absolute atomic E-state index is 15.3.